The molecule has 2 aromatic rings. The molecule has 5 heteroatoms. The molecule has 0 spiro atoms. The zero-order valence-electron chi connectivity index (χ0n) is 9.74. The minimum atomic E-state index is -0.0241. The Labute approximate surface area is 112 Å². The van der Waals surface area contributed by atoms with Crippen molar-refractivity contribution >= 4 is 27.3 Å². The highest BCUT2D eigenvalue weighted by molar-refractivity contribution is 9.10. The van der Waals surface area contributed by atoms with Gasteiger partial charge in [0, 0.05) is 16.0 Å². The summed E-state index contributed by atoms with van der Waals surface area (Å²) in [7, 11) is 0. The SMILES string of the molecule is CCc1ccc(Cn2c(C)ncc(Br)c2=O)s1. The fraction of sp³-hybridized carbons (Fsp3) is 0.333. The monoisotopic (exact) mass is 312 g/mol. The van der Waals surface area contributed by atoms with Crippen LogP contribution in [0.1, 0.15) is 22.5 Å². The number of aromatic nitrogens is 2. The number of nitrogens with zero attached hydrogens (tertiary/aromatic N) is 2. The summed E-state index contributed by atoms with van der Waals surface area (Å²) in [5.74, 6) is 0.740. The minimum absolute atomic E-state index is 0.0241. The maximum Gasteiger partial charge on any atom is 0.268 e. The van der Waals surface area contributed by atoms with Crippen LogP contribution in [0.2, 0.25) is 0 Å². The molecule has 17 heavy (non-hydrogen) atoms. The normalized spacial score (nSPS) is 10.8. The van der Waals surface area contributed by atoms with E-state index in [0.717, 1.165) is 12.2 Å². The first-order chi connectivity index (χ1) is 8.11. The number of thiophene rings is 1. The van der Waals surface area contributed by atoms with Crippen molar-refractivity contribution in [1.29, 1.82) is 0 Å². The average Bonchev–Trinajstić information content (AvgIpc) is 2.77. The molecule has 2 rings (SSSR count). The molecule has 3 nitrogen and oxygen atoms in total. The zero-order valence-corrected chi connectivity index (χ0v) is 12.1. The minimum Gasteiger partial charge on any atom is -0.291 e. The Morgan fingerprint density at radius 2 is 2.12 bits per heavy atom. The maximum atomic E-state index is 12.0. The van der Waals surface area contributed by atoms with Crippen molar-refractivity contribution < 1.29 is 0 Å². The van der Waals surface area contributed by atoms with Crippen molar-refractivity contribution in [2.24, 2.45) is 0 Å². The summed E-state index contributed by atoms with van der Waals surface area (Å²) < 4.78 is 2.20. The molecule has 0 N–H and O–H groups in total. The Morgan fingerprint density at radius 1 is 1.41 bits per heavy atom. The summed E-state index contributed by atoms with van der Waals surface area (Å²) in [6.45, 7) is 4.58. The number of rotatable bonds is 3. The van der Waals surface area contributed by atoms with E-state index in [0.29, 0.717) is 11.0 Å². The Kier molecular flexibility index (Phi) is 3.79. The Balaban J connectivity index is 2.36. The number of halogens is 1. The molecule has 0 aliphatic heterocycles. The lowest BCUT2D eigenvalue weighted by Crippen LogP contribution is -2.24. The van der Waals surface area contributed by atoms with Gasteiger partial charge in [0.25, 0.3) is 5.56 Å². The first kappa shape index (κ1) is 12.5. The van der Waals surface area contributed by atoms with Crippen LogP contribution in [0.25, 0.3) is 0 Å². The van der Waals surface area contributed by atoms with Gasteiger partial charge in [-0.2, -0.15) is 0 Å². The van der Waals surface area contributed by atoms with Crippen LogP contribution in [0.15, 0.2) is 27.6 Å². The molecule has 90 valence electrons. The van der Waals surface area contributed by atoms with Crippen molar-refractivity contribution in [3.63, 3.8) is 0 Å². The molecule has 0 radical (unpaired) electrons. The summed E-state index contributed by atoms with van der Waals surface area (Å²) in [5, 5.41) is 0. The van der Waals surface area contributed by atoms with Gasteiger partial charge in [-0.15, -0.1) is 11.3 Å². The highest BCUT2D eigenvalue weighted by Crippen LogP contribution is 2.18. The zero-order chi connectivity index (χ0) is 12.4. The van der Waals surface area contributed by atoms with E-state index in [2.05, 4.69) is 40.0 Å². The van der Waals surface area contributed by atoms with E-state index < -0.39 is 0 Å². The van der Waals surface area contributed by atoms with Gasteiger partial charge in [-0.05, 0) is 41.4 Å². The van der Waals surface area contributed by atoms with Crippen molar-refractivity contribution in [3.05, 3.63) is 48.7 Å². The summed E-state index contributed by atoms with van der Waals surface area (Å²) >= 11 is 4.97. The molecule has 2 heterocycles. The van der Waals surface area contributed by atoms with E-state index in [-0.39, 0.29) is 5.56 Å². The lowest BCUT2D eigenvalue weighted by molar-refractivity contribution is 0.703. The summed E-state index contributed by atoms with van der Waals surface area (Å²) in [4.78, 5) is 18.7. The summed E-state index contributed by atoms with van der Waals surface area (Å²) in [6.07, 6.45) is 2.59. The summed E-state index contributed by atoms with van der Waals surface area (Å²) in [5.41, 5.74) is -0.0241. The predicted octanol–water partition coefficient (Wildman–Crippen LogP) is 2.99. The molecule has 0 amide bonds. The van der Waals surface area contributed by atoms with Gasteiger partial charge in [0.1, 0.15) is 10.3 Å². The molecular formula is C12H13BrN2OS. The van der Waals surface area contributed by atoms with E-state index in [1.165, 1.54) is 9.75 Å². The van der Waals surface area contributed by atoms with E-state index in [1.54, 1.807) is 22.1 Å². The van der Waals surface area contributed by atoms with Crippen LogP contribution >= 0.6 is 27.3 Å². The van der Waals surface area contributed by atoms with Crippen LogP contribution in [-0.4, -0.2) is 9.55 Å². The van der Waals surface area contributed by atoms with Crippen molar-refractivity contribution in [1.82, 2.24) is 9.55 Å². The van der Waals surface area contributed by atoms with Gasteiger partial charge in [0.2, 0.25) is 0 Å². The Hall–Kier alpha value is -0.940. The van der Waals surface area contributed by atoms with E-state index in [9.17, 15) is 4.79 Å². The first-order valence-corrected chi connectivity index (χ1v) is 7.02. The van der Waals surface area contributed by atoms with Gasteiger partial charge in [0.15, 0.2) is 0 Å². The van der Waals surface area contributed by atoms with Gasteiger partial charge in [0.05, 0.1) is 6.54 Å². The molecule has 0 unspecified atom stereocenters. The second-order valence-corrected chi connectivity index (χ2v) is 5.87. The van der Waals surface area contributed by atoms with Gasteiger partial charge >= 0.3 is 0 Å². The molecule has 0 saturated carbocycles. The third-order valence-electron chi connectivity index (χ3n) is 2.58. The predicted molar refractivity (Wildman–Crippen MR) is 73.7 cm³/mol. The molecule has 0 bridgehead atoms. The van der Waals surface area contributed by atoms with Gasteiger partial charge in [-0.25, -0.2) is 4.98 Å². The smallest absolute Gasteiger partial charge is 0.268 e. The second-order valence-electron chi connectivity index (χ2n) is 3.77. The Morgan fingerprint density at radius 3 is 2.76 bits per heavy atom. The van der Waals surface area contributed by atoms with E-state index >= 15 is 0 Å². The van der Waals surface area contributed by atoms with Crippen molar-refractivity contribution in [2.75, 3.05) is 0 Å². The van der Waals surface area contributed by atoms with E-state index in [1.807, 2.05) is 6.92 Å². The third kappa shape index (κ3) is 2.66. The quantitative estimate of drug-likeness (QED) is 0.873. The maximum absolute atomic E-state index is 12.0. The van der Waals surface area contributed by atoms with Crippen LogP contribution in [0, 0.1) is 6.92 Å². The van der Waals surface area contributed by atoms with Gasteiger partial charge in [-0.1, -0.05) is 6.92 Å². The highest BCUT2D eigenvalue weighted by atomic mass is 79.9. The van der Waals surface area contributed by atoms with Gasteiger partial charge < -0.3 is 0 Å². The van der Waals surface area contributed by atoms with Crippen molar-refractivity contribution in [2.45, 2.75) is 26.8 Å². The van der Waals surface area contributed by atoms with Crippen LogP contribution in [0.4, 0.5) is 0 Å². The molecule has 0 aliphatic rings. The van der Waals surface area contributed by atoms with Crippen LogP contribution < -0.4 is 5.56 Å². The lowest BCUT2D eigenvalue weighted by atomic mass is 10.3. The molecular weight excluding hydrogens is 300 g/mol. The fourth-order valence-corrected chi connectivity index (χ4v) is 2.85. The highest BCUT2D eigenvalue weighted by Gasteiger charge is 2.07. The van der Waals surface area contributed by atoms with Crippen LogP contribution in [-0.2, 0) is 13.0 Å². The lowest BCUT2D eigenvalue weighted by Gasteiger charge is -2.07. The number of hydrogen-bond donors (Lipinski definition) is 0. The topological polar surface area (TPSA) is 34.9 Å². The van der Waals surface area contributed by atoms with E-state index in [4.69, 9.17) is 0 Å². The Bertz CT molecular complexity index is 588. The average molecular weight is 313 g/mol. The fourth-order valence-electron chi connectivity index (χ4n) is 1.59. The number of hydrogen-bond acceptors (Lipinski definition) is 3. The van der Waals surface area contributed by atoms with Crippen LogP contribution in [0.5, 0.6) is 0 Å². The molecule has 0 fully saturated rings. The van der Waals surface area contributed by atoms with Gasteiger partial charge in [-0.3, -0.25) is 9.36 Å². The molecule has 0 atom stereocenters. The van der Waals surface area contributed by atoms with Crippen molar-refractivity contribution in [3.8, 4) is 0 Å². The first-order valence-electron chi connectivity index (χ1n) is 5.41. The molecule has 0 saturated heterocycles. The molecule has 0 aromatic carbocycles. The molecule has 2 aromatic heterocycles. The second kappa shape index (κ2) is 5.14. The summed E-state index contributed by atoms with van der Waals surface area (Å²) in [6, 6.07) is 4.20. The standard InChI is InChI=1S/C12H13BrN2OS/c1-3-9-4-5-10(17-9)7-15-8(2)14-6-11(13)12(15)16/h4-6H,3,7H2,1-2H3. The van der Waals surface area contributed by atoms with Crippen LogP contribution in [0.3, 0.4) is 0 Å². The molecule has 0 aliphatic carbocycles. The largest absolute Gasteiger partial charge is 0.291 e. The third-order valence-corrected chi connectivity index (χ3v) is 4.34. The number of aryl methyl sites for hydroxylation is 2.